The van der Waals surface area contributed by atoms with Gasteiger partial charge in [-0.05, 0) is 0 Å². The van der Waals surface area contributed by atoms with Crippen molar-refractivity contribution in [3.05, 3.63) is 0 Å². The van der Waals surface area contributed by atoms with Gasteiger partial charge >= 0.3 is 5.97 Å². The Morgan fingerprint density at radius 2 is 0.840 bits per heavy atom. The topological polar surface area (TPSA) is 236 Å². The van der Waals surface area contributed by atoms with Gasteiger partial charge in [-0.2, -0.15) is 0 Å². The second-order valence-corrected chi connectivity index (χ2v) is 4.14. The lowest BCUT2D eigenvalue weighted by Crippen LogP contribution is -2.15. The second kappa shape index (κ2) is 25.0. The van der Waals surface area contributed by atoms with Gasteiger partial charge in [0.05, 0.1) is 39.6 Å². The molecule has 0 radical (unpaired) electrons. The van der Waals surface area contributed by atoms with Crippen molar-refractivity contribution in [2.75, 3.05) is 39.6 Å². The highest BCUT2D eigenvalue weighted by atomic mass is 16.4. The molecule has 0 bridgehead atoms. The highest BCUT2D eigenvalue weighted by molar-refractivity contribution is 6.32. The van der Waals surface area contributed by atoms with E-state index in [4.69, 9.17) is 51.1 Å². The number of aliphatic hydroxyl groups is 9. The van der Waals surface area contributed by atoms with Crippen LogP contribution < -0.4 is 0 Å². The van der Waals surface area contributed by atoms with E-state index in [0.717, 1.165) is 0 Å². The zero-order chi connectivity index (χ0) is 20.8. The summed E-state index contributed by atoms with van der Waals surface area (Å²) in [6.07, 6.45) is -2.78. The Labute approximate surface area is 144 Å². The Hall–Kier alpha value is -1.22. The molecule has 0 unspecified atom stereocenters. The minimum Gasteiger partial charge on any atom is -0.476 e. The summed E-state index contributed by atoms with van der Waals surface area (Å²) in [6.45, 7) is -0.677. The van der Waals surface area contributed by atoms with Gasteiger partial charge in [0.25, 0.3) is 0 Å². The largest absolute Gasteiger partial charge is 0.476 e. The Morgan fingerprint density at radius 3 is 0.840 bits per heavy atom. The summed E-state index contributed by atoms with van der Waals surface area (Å²) in [7, 11) is 0. The number of carboxylic acids is 1. The summed E-state index contributed by atoms with van der Waals surface area (Å²) in [5, 5.41) is 79.9. The molecule has 0 aliphatic rings. The first-order valence-electron chi connectivity index (χ1n) is 7.06. The van der Waals surface area contributed by atoms with Crippen molar-refractivity contribution in [1.29, 1.82) is 0 Å². The number of carboxylic acid groups (broad SMARTS) is 1. The van der Waals surface area contributed by atoms with Crippen LogP contribution in [0, 0.1) is 0 Å². The summed E-state index contributed by atoms with van der Waals surface area (Å²) < 4.78 is 0. The van der Waals surface area contributed by atoms with Gasteiger partial charge in [0.2, 0.25) is 5.78 Å². The van der Waals surface area contributed by atoms with Crippen molar-refractivity contribution >= 4 is 11.8 Å². The van der Waals surface area contributed by atoms with Crippen molar-refractivity contribution in [1.82, 2.24) is 0 Å². The quantitative estimate of drug-likeness (QED) is 0.179. The van der Waals surface area contributed by atoms with Gasteiger partial charge < -0.3 is 51.1 Å². The van der Waals surface area contributed by atoms with Crippen LogP contribution in [0.3, 0.4) is 0 Å². The standard InChI is InChI=1S/C4H6O3.3C3H8O3/c1-2-3(5)4(6)7;3*4-1-3(6)2-5/h2H2,1H3,(H,6,7);3*3-6H,1-2H2. The average molecular weight is 378 g/mol. The number of ketones is 1. The number of Topliss-reactive ketones (excluding diaryl/α,β-unsaturated/α-hetero) is 1. The highest BCUT2D eigenvalue weighted by Gasteiger charge is 2.05. The molecule has 0 aromatic carbocycles. The van der Waals surface area contributed by atoms with Crippen LogP contribution in [0.25, 0.3) is 0 Å². The SMILES string of the molecule is CCC(=O)C(=O)O.OCC(O)CO.OCC(O)CO.OCC(O)CO. The number of hydrogen-bond donors (Lipinski definition) is 10. The molecular formula is C13H30O12. The fourth-order valence-corrected chi connectivity index (χ4v) is 0.324. The van der Waals surface area contributed by atoms with E-state index in [1.807, 2.05) is 0 Å². The van der Waals surface area contributed by atoms with E-state index in [-0.39, 0.29) is 46.1 Å². The average Bonchev–Trinajstić information content (AvgIpc) is 2.66. The lowest BCUT2D eigenvalue weighted by molar-refractivity contribution is -0.148. The van der Waals surface area contributed by atoms with Gasteiger partial charge in [-0.1, -0.05) is 6.92 Å². The third-order valence-corrected chi connectivity index (χ3v) is 1.82. The second-order valence-electron chi connectivity index (χ2n) is 4.14. The molecule has 0 spiro atoms. The van der Waals surface area contributed by atoms with Crippen molar-refractivity contribution < 1.29 is 60.7 Å². The lowest BCUT2D eigenvalue weighted by Gasteiger charge is -1.96. The summed E-state index contributed by atoms with van der Waals surface area (Å²) in [5.41, 5.74) is 0. The van der Waals surface area contributed by atoms with Crippen LogP contribution in [0.2, 0.25) is 0 Å². The Balaban J connectivity index is -0.000000118. The zero-order valence-electron chi connectivity index (χ0n) is 14.0. The number of carbonyl (C=O) groups is 2. The van der Waals surface area contributed by atoms with Crippen LogP contribution >= 0.6 is 0 Å². The third-order valence-electron chi connectivity index (χ3n) is 1.82. The molecule has 0 aliphatic carbocycles. The van der Waals surface area contributed by atoms with Gasteiger partial charge in [-0.15, -0.1) is 0 Å². The van der Waals surface area contributed by atoms with Crippen molar-refractivity contribution in [3.8, 4) is 0 Å². The number of aliphatic carboxylic acids is 1. The predicted octanol–water partition coefficient (Wildman–Crippen LogP) is -4.95. The van der Waals surface area contributed by atoms with Gasteiger partial charge in [-0.25, -0.2) is 4.79 Å². The third kappa shape index (κ3) is 34.9. The molecule has 10 N–H and O–H groups in total. The lowest BCUT2D eigenvalue weighted by atomic mass is 10.3. The van der Waals surface area contributed by atoms with Crippen LogP contribution in [0.1, 0.15) is 13.3 Å². The summed E-state index contributed by atoms with van der Waals surface area (Å²) in [6, 6.07) is 0. The monoisotopic (exact) mass is 378 g/mol. The Kier molecular flexibility index (Phi) is 31.6. The molecule has 0 fully saturated rings. The Morgan fingerprint density at radius 1 is 0.640 bits per heavy atom. The summed E-state index contributed by atoms with van der Waals surface area (Å²) in [4.78, 5) is 19.5. The van der Waals surface area contributed by atoms with Crippen LogP contribution in [0.4, 0.5) is 0 Å². The molecule has 0 saturated carbocycles. The van der Waals surface area contributed by atoms with Crippen LogP contribution in [0.15, 0.2) is 0 Å². The fraction of sp³-hybridized carbons (Fsp3) is 0.846. The maximum absolute atomic E-state index is 9.91. The first kappa shape index (κ1) is 31.5. The molecule has 0 aromatic rings. The van der Waals surface area contributed by atoms with E-state index in [1.54, 1.807) is 0 Å². The molecule has 0 saturated heterocycles. The van der Waals surface area contributed by atoms with Crippen LogP contribution in [-0.2, 0) is 9.59 Å². The number of carbonyl (C=O) groups excluding carboxylic acids is 1. The van der Waals surface area contributed by atoms with E-state index >= 15 is 0 Å². The normalized spacial score (nSPS) is 9.48. The van der Waals surface area contributed by atoms with E-state index < -0.39 is 30.1 Å². The number of aliphatic hydroxyl groups excluding tert-OH is 9. The fourth-order valence-electron chi connectivity index (χ4n) is 0.324. The molecular weight excluding hydrogens is 348 g/mol. The summed E-state index contributed by atoms with van der Waals surface area (Å²) in [5.74, 6) is -2.08. The molecule has 0 heterocycles. The van der Waals surface area contributed by atoms with Crippen molar-refractivity contribution in [3.63, 3.8) is 0 Å². The number of hydrogen-bond acceptors (Lipinski definition) is 11. The first-order chi connectivity index (χ1) is 11.6. The maximum atomic E-state index is 9.91. The Bertz CT molecular complexity index is 250. The van der Waals surface area contributed by atoms with Crippen molar-refractivity contribution in [2.24, 2.45) is 0 Å². The van der Waals surface area contributed by atoms with E-state index in [9.17, 15) is 9.59 Å². The summed E-state index contributed by atoms with van der Waals surface area (Å²) >= 11 is 0. The van der Waals surface area contributed by atoms with Gasteiger partial charge in [-0.3, -0.25) is 4.79 Å². The van der Waals surface area contributed by atoms with E-state index in [0.29, 0.717) is 0 Å². The van der Waals surface area contributed by atoms with E-state index in [1.165, 1.54) is 6.92 Å². The molecule has 0 aromatic heterocycles. The van der Waals surface area contributed by atoms with E-state index in [2.05, 4.69) is 0 Å². The molecule has 0 rings (SSSR count). The molecule has 154 valence electrons. The highest BCUT2D eigenvalue weighted by Crippen LogP contribution is 1.77. The molecule has 0 atom stereocenters. The molecule has 12 nitrogen and oxygen atoms in total. The van der Waals surface area contributed by atoms with Crippen LogP contribution in [0.5, 0.6) is 0 Å². The minimum absolute atomic E-state index is 0.0787. The van der Waals surface area contributed by atoms with Gasteiger partial charge in [0, 0.05) is 6.42 Å². The maximum Gasteiger partial charge on any atom is 0.372 e. The minimum atomic E-state index is -1.34. The number of rotatable bonds is 8. The first-order valence-corrected chi connectivity index (χ1v) is 7.06. The van der Waals surface area contributed by atoms with Gasteiger partial charge in [0.15, 0.2) is 0 Å². The molecule has 0 aliphatic heterocycles. The molecule has 12 heteroatoms. The molecule has 0 amide bonds. The smallest absolute Gasteiger partial charge is 0.372 e. The van der Waals surface area contributed by atoms with Gasteiger partial charge in [0.1, 0.15) is 18.3 Å². The van der Waals surface area contributed by atoms with Crippen LogP contribution in [-0.4, -0.2) is 121 Å². The van der Waals surface area contributed by atoms with Crippen molar-refractivity contribution in [2.45, 2.75) is 31.7 Å². The molecule has 25 heavy (non-hydrogen) atoms. The predicted molar refractivity (Wildman–Crippen MR) is 83.5 cm³/mol. The zero-order valence-corrected chi connectivity index (χ0v) is 14.0.